The molecular weight excluding hydrogens is 256 g/mol. The van der Waals surface area contributed by atoms with Gasteiger partial charge in [0.25, 0.3) is 0 Å². The molecule has 0 amide bonds. The van der Waals surface area contributed by atoms with E-state index < -0.39 is 0 Å². The Morgan fingerprint density at radius 2 is 2.10 bits per heavy atom. The number of aryl methyl sites for hydroxylation is 1. The van der Waals surface area contributed by atoms with Crippen molar-refractivity contribution in [2.45, 2.75) is 19.9 Å². The van der Waals surface area contributed by atoms with Crippen LogP contribution in [0.2, 0.25) is 0 Å². The molecule has 0 unspecified atom stereocenters. The van der Waals surface area contributed by atoms with Gasteiger partial charge in [0.1, 0.15) is 17.2 Å². The summed E-state index contributed by atoms with van der Waals surface area (Å²) in [6.45, 7) is 2.84. The Labute approximate surface area is 118 Å². The topological polar surface area (TPSA) is 53.4 Å². The van der Waals surface area contributed by atoms with Gasteiger partial charge in [-0.2, -0.15) is 5.10 Å². The Kier molecular flexibility index (Phi) is 4.40. The molecule has 0 saturated carbocycles. The summed E-state index contributed by atoms with van der Waals surface area (Å²) in [5, 5.41) is 4.47. The molecule has 2 aromatic rings. The van der Waals surface area contributed by atoms with E-state index in [-0.39, 0.29) is 0 Å². The first kappa shape index (κ1) is 14.1. The predicted octanol–water partition coefficient (Wildman–Crippen LogP) is 2.79. The van der Waals surface area contributed by atoms with Crippen LogP contribution in [-0.4, -0.2) is 30.3 Å². The van der Waals surface area contributed by atoms with E-state index in [0.717, 1.165) is 24.8 Å². The molecule has 0 N–H and O–H groups in total. The highest BCUT2D eigenvalue weighted by molar-refractivity contribution is 5.87. The Balaban J connectivity index is 2.52. The van der Waals surface area contributed by atoms with Crippen LogP contribution in [0, 0.1) is 0 Å². The number of carbonyl (C=O) groups excluding carboxylic acids is 1. The van der Waals surface area contributed by atoms with Gasteiger partial charge in [0.2, 0.25) is 0 Å². The number of benzene rings is 1. The SMILES string of the molecule is CCCn1cc(C=O)c(-c2ccc(OC)cc2OC)n1. The summed E-state index contributed by atoms with van der Waals surface area (Å²) in [6.07, 6.45) is 3.53. The van der Waals surface area contributed by atoms with Crippen LogP contribution in [0.1, 0.15) is 23.7 Å². The van der Waals surface area contributed by atoms with Crippen LogP contribution in [0.25, 0.3) is 11.3 Å². The number of ether oxygens (including phenoxy) is 2. The van der Waals surface area contributed by atoms with Crippen molar-refractivity contribution < 1.29 is 14.3 Å². The molecule has 1 aromatic carbocycles. The fourth-order valence-corrected chi connectivity index (χ4v) is 2.07. The molecule has 0 bridgehead atoms. The number of hydrogen-bond acceptors (Lipinski definition) is 4. The highest BCUT2D eigenvalue weighted by atomic mass is 16.5. The molecule has 0 saturated heterocycles. The molecule has 5 heteroatoms. The van der Waals surface area contributed by atoms with Crippen LogP contribution in [-0.2, 0) is 6.54 Å². The van der Waals surface area contributed by atoms with Crippen molar-refractivity contribution >= 4 is 6.29 Å². The summed E-state index contributed by atoms with van der Waals surface area (Å²) in [4.78, 5) is 11.2. The number of aromatic nitrogens is 2. The van der Waals surface area contributed by atoms with Gasteiger partial charge >= 0.3 is 0 Å². The van der Waals surface area contributed by atoms with Gasteiger partial charge in [-0.15, -0.1) is 0 Å². The molecule has 20 heavy (non-hydrogen) atoms. The molecule has 0 spiro atoms. The van der Waals surface area contributed by atoms with Crippen LogP contribution in [0.5, 0.6) is 11.5 Å². The average molecular weight is 274 g/mol. The number of hydrogen-bond donors (Lipinski definition) is 0. The average Bonchev–Trinajstić information content (AvgIpc) is 2.89. The Hall–Kier alpha value is -2.30. The van der Waals surface area contributed by atoms with Crippen LogP contribution in [0.15, 0.2) is 24.4 Å². The molecule has 106 valence electrons. The second kappa shape index (κ2) is 6.23. The number of methoxy groups -OCH3 is 2. The monoisotopic (exact) mass is 274 g/mol. The van der Waals surface area contributed by atoms with Gasteiger partial charge in [-0.1, -0.05) is 6.92 Å². The fourth-order valence-electron chi connectivity index (χ4n) is 2.07. The molecule has 0 aliphatic heterocycles. The second-order valence-electron chi connectivity index (χ2n) is 4.38. The van der Waals surface area contributed by atoms with Gasteiger partial charge in [-0.3, -0.25) is 9.48 Å². The molecule has 1 aromatic heterocycles. The molecule has 2 rings (SSSR count). The molecule has 0 aliphatic carbocycles. The summed E-state index contributed by atoms with van der Waals surface area (Å²) in [7, 11) is 3.18. The molecule has 5 nitrogen and oxygen atoms in total. The van der Waals surface area contributed by atoms with Crippen molar-refractivity contribution in [2.24, 2.45) is 0 Å². The van der Waals surface area contributed by atoms with Crippen LogP contribution < -0.4 is 9.47 Å². The van der Waals surface area contributed by atoms with E-state index in [1.54, 1.807) is 31.2 Å². The lowest BCUT2D eigenvalue weighted by molar-refractivity contribution is 0.112. The lowest BCUT2D eigenvalue weighted by Crippen LogP contribution is -1.97. The molecular formula is C15H18N2O3. The third kappa shape index (κ3) is 2.66. The first-order chi connectivity index (χ1) is 9.73. The van der Waals surface area contributed by atoms with Crippen molar-refractivity contribution in [2.75, 3.05) is 14.2 Å². The van der Waals surface area contributed by atoms with Gasteiger partial charge in [0, 0.05) is 24.4 Å². The number of aldehydes is 1. The van der Waals surface area contributed by atoms with Crippen molar-refractivity contribution in [1.82, 2.24) is 9.78 Å². The maximum atomic E-state index is 11.2. The maximum absolute atomic E-state index is 11.2. The van der Waals surface area contributed by atoms with E-state index in [1.807, 2.05) is 12.1 Å². The van der Waals surface area contributed by atoms with Crippen LogP contribution in [0.3, 0.4) is 0 Å². The Morgan fingerprint density at radius 3 is 2.70 bits per heavy atom. The molecule has 0 radical (unpaired) electrons. The largest absolute Gasteiger partial charge is 0.497 e. The minimum Gasteiger partial charge on any atom is -0.497 e. The fraction of sp³-hybridized carbons (Fsp3) is 0.333. The Bertz CT molecular complexity index is 605. The summed E-state index contributed by atoms with van der Waals surface area (Å²) >= 11 is 0. The minimum absolute atomic E-state index is 0.557. The van der Waals surface area contributed by atoms with E-state index >= 15 is 0 Å². The van der Waals surface area contributed by atoms with Gasteiger partial charge in [0.15, 0.2) is 6.29 Å². The van der Waals surface area contributed by atoms with Crippen LogP contribution >= 0.6 is 0 Å². The van der Waals surface area contributed by atoms with Crippen molar-refractivity contribution in [1.29, 1.82) is 0 Å². The zero-order valence-corrected chi connectivity index (χ0v) is 11.9. The third-order valence-corrected chi connectivity index (χ3v) is 3.03. The molecule has 0 fully saturated rings. The molecule has 1 heterocycles. The standard InChI is InChI=1S/C15H18N2O3/c1-4-7-17-9-11(10-18)15(16-17)13-6-5-12(19-2)8-14(13)20-3/h5-6,8-10H,4,7H2,1-3H3. The third-order valence-electron chi connectivity index (χ3n) is 3.03. The van der Waals surface area contributed by atoms with E-state index in [9.17, 15) is 4.79 Å². The lowest BCUT2D eigenvalue weighted by Gasteiger charge is -2.09. The predicted molar refractivity (Wildman–Crippen MR) is 76.4 cm³/mol. The van der Waals surface area contributed by atoms with Gasteiger partial charge in [0.05, 0.1) is 19.8 Å². The summed E-state index contributed by atoms with van der Waals surface area (Å²) in [6, 6.07) is 5.46. The number of rotatable bonds is 6. The normalized spacial score (nSPS) is 10.3. The lowest BCUT2D eigenvalue weighted by atomic mass is 10.1. The first-order valence-corrected chi connectivity index (χ1v) is 6.48. The number of carbonyl (C=O) groups is 1. The maximum Gasteiger partial charge on any atom is 0.153 e. The van der Waals surface area contributed by atoms with Crippen LogP contribution in [0.4, 0.5) is 0 Å². The van der Waals surface area contributed by atoms with Crippen molar-refractivity contribution in [3.63, 3.8) is 0 Å². The highest BCUT2D eigenvalue weighted by Crippen LogP contribution is 2.33. The number of nitrogens with zero attached hydrogens (tertiary/aromatic N) is 2. The summed E-state index contributed by atoms with van der Waals surface area (Å²) < 4.78 is 12.3. The van der Waals surface area contributed by atoms with E-state index in [4.69, 9.17) is 9.47 Å². The molecule has 0 atom stereocenters. The minimum atomic E-state index is 0.557. The zero-order chi connectivity index (χ0) is 14.5. The zero-order valence-electron chi connectivity index (χ0n) is 11.9. The highest BCUT2D eigenvalue weighted by Gasteiger charge is 2.15. The van der Waals surface area contributed by atoms with E-state index in [0.29, 0.717) is 22.8 Å². The van der Waals surface area contributed by atoms with Gasteiger partial charge in [-0.25, -0.2) is 0 Å². The quantitative estimate of drug-likeness (QED) is 0.760. The Morgan fingerprint density at radius 1 is 1.30 bits per heavy atom. The smallest absolute Gasteiger partial charge is 0.153 e. The summed E-state index contributed by atoms with van der Waals surface area (Å²) in [5.41, 5.74) is 1.97. The van der Waals surface area contributed by atoms with Gasteiger partial charge < -0.3 is 9.47 Å². The van der Waals surface area contributed by atoms with Crippen molar-refractivity contribution in [3.8, 4) is 22.8 Å². The molecule has 0 aliphatic rings. The van der Waals surface area contributed by atoms with E-state index in [2.05, 4.69) is 12.0 Å². The second-order valence-corrected chi connectivity index (χ2v) is 4.38. The van der Waals surface area contributed by atoms with Crippen molar-refractivity contribution in [3.05, 3.63) is 30.0 Å². The van der Waals surface area contributed by atoms with E-state index in [1.165, 1.54) is 0 Å². The summed E-state index contributed by atoms with van der Waals surface area (Å²) in [5.74, 6) is 1.33. The first-order valence-electron chi connectivity index (χ1n) is 6.48. The van der Waals surface area contributed by atoms with Gasteiger partial charge in [-0.05, 0) is 18.6 Å².